The van der Waals surface area contributed by atoms with Gasteiger partial charge in [-0.25, -0.2) is 4.79 Å². The summed E-state index contributed by atoms with van der Waals surface area (Å²) in [5.41, 5.74) is -0.361. The first-order chi connectivity index (χ1) is 10.5. The molecule has 1 aliphatic heterocycles. The van der Waals surface area contributed by atoms with Crippen LogP contribution in [-0.2, 0) is 4.74 Å². The van der Waals surface area contributed by atoms with E-state index in [0.29, 0.717) is 0 Å². The Balaban J connectivity index is -0.0000000822. The van der Waals surface area contributed by atoms with Gasteiger partial charge in [-0.05, 0) is 33.6 Å². The van der Waals surface area contributed by atoms with E-state index < -0.39 is 0 Å². The lowest BCUT2D eigenvalue weighted by atomic mass is 10.2. The lowest BCUT2D eigenvalue weighted by Crippen LogP contribution is -2.34. The number of carbonyl (C=O) groups is 1. The van der Waals surface area contributed by atoms with E-state index in [0.717, 1.165) is 25.9 Å². The highest BCUT2D eigenvalue weighted by Gasteiger charge is 2.23. The summed E-state index contributed by atoms with van der Waals surface area (Å²) in [4.78, 5) is 13.1. The topological polar surface area (TPSA) is 29.5 Å². The Morgan fingerprint density at radius 2 is 1.05 bits per heavy atom. The maximum absolute atomic E-state index is 11.4. The van der Waals surface area contributed by atoms with Crippen LogP contribution in [0.25, 0.3) is 0 Å². The zero-order valence-electron chi connectivity index (χ0n) is 11.9. The molecule has 1 rings (SSSR count). The van der Waals surface area contributed by atoms with Crippen molar-refractivity contribution in [3.8, 4) is 0 Å². The van der Waals surface area contributed by atoms with Gasteiger partial charge in [0.05, 0.1) is 0 Å². The van der Waals surface area contributed by atoms with E-state index in [-0.39, 0.29) is 11.7 Å². The summed E-state index contributed by atoms with van der Waals surface area (Å²) in [7, 11) is 0. The first-order valence-corrected chi connectivity index (χ1v) is 5.18. The highest BCUT2D eigenvalue weighted by atomic mass is 20.0. The summed E-state index contributed by atoms with van der Waals surface area (Å²) in [5.74, 6) is 0. The van der Waals surface area contributed by atoms with Crippen LogP contribution in [0.4, 0.5) is 50.5 Å². The number of rotatable bonds is 0. The number of carbonyl (C=O) groups excluding carboxylic acids is 1. The molecule has 1 aliphatic rings. The lowest BCUT2D eigenvalue weighted by Gasteiger charge is -2.23. The van der Waals surface area contributed by atoms with E-state index in [9.17, 15) is 4.79 Å². The molecule has 0 aromatic carbocycles. The van der Waals surface area contributed by atoms with Crippen molar-refractivity contribution in [2.24, 2.45) is 0 Å². The van der Waals surface area contributed by atoms with Crippen LogP contribution in [0.1, 0.15) is 33.6 Å². The highest BCUT2D eigenvalue weighted by molar-refractivity contribution is 5.68. The standard InChI is InChI=1S/C9H17NO2.5F2/c1-9(2,3)12-8(11)10-6-4-5-7-10;5*1-2/h4-7H2,1-3H3;;;;;. The van der Waals surface area contributed by atoms with Gasteiger partial charge in [-0.3, -0.25) is 0 Å². The van der Waals surface area contributed by atoms with Crippen LogP contribution in [0.3, 0.4) is 0 Å². The molecule has 0 unspecified atom stereocenters. The molecule has 0 aliphatic carbocycles. The fourth-order valence-electron chi connectivity index (χ4n) is 1.23. The maximum atomic E-state index is 11.4. The van der Waals surface area contributed by atoms with Gasteiger partial charge >= 0.3 is 6.09 Å². The summed E-state index contributed by atoms with van der Waals surface area (Å²) < 4.78 is 85.2. The van der Waals surface area contributed by atoms with E-state index in [4.69, 9.17) is 50.5 Å². The van der Waals surface area contributed by atoms with Gasteiger partial charge < -0.3 is 9.64 Å². The first-order valence-electron chi connectivity index (χ1n) is 5.18. The van der Waals surface area contributed by atoms with Crippen molar-refractivity contribution in [2.75, 3.05) is 13.1 Å². The average Bonchev–Trinajstić information content (AvgIpc) is 3.10. The van der Waals surface area contributed by atoms with Crippen LogP contribution < -0.4 is 0 Å². The third-order valence-electron chi connectivity index (χ3n) is 1.76. The molecular weight excluding hydrogens is 344 g/mol. The van der Waals surface area contributed by atoms with Crippen molar-refractivity contribution in [2.45, 2.75) is 39.2 Å². The molecule has 0 spiro atoms. The SMILES string of the molecule is CC(C)(C)OC(=O)N1CCCC1.FF.FF.FF.FF.FF. The number of nitrogens with zero attached hydrogens (tertiary/aromatic N) is 1. The largest absolute Gasteiger partial charge is 0.444 e. The Kier molecular flexibility index (Phi) is 41.1. The fourth-order valence-corrected chi connectivity index (χ4v) is 1.23. The summed E-state index contributed by atoms with van der Waals surface area (Å²) >= 11 is 0. The van der Waals surface area contributed by atoms with Crippen LogP contribution >= 0.6 is 0 Å². The third kappa shape index (κ3) is 27.0. The summed E-state index contributed by atoms with van der Waals surface area (Å²) in [6.45, 7) is 7.38. The molecule has 140 valence electrons. The molecule has 1 fully saturated rings. The number of halogens is 10. The second-order valence-corrected chi connectivity index (χ2v) is 4.17. The van der Waals surface area contributed by atoms with Crippen LogP contribution in [0, 0.1) is 0 Å². The number of hydrogen-bond acceptors (Lipinski definition) is 2. The van der Waals surface area contributed by atoms with E-state index >= 15 is 0 Å². The molecule has 0 atom stereocenters. The predicted octanol–water partition coefficient (Wildman–Crippen LogP) is 6.22. The van der Waals surface area contributed by atoms with E-state index in [2.05, 4.69) is 0 Å². The first kappa shape index (κ1) is 32.5. The van der Waals surface area contributed by atoms with Crippen molar-refractivity contribution >= 4 is 6.09 Å². The maximum Gasteiger partial charge on any atom is 0.410 e. The van der Waals surface area contributed by atoms with Gasteiger partial charge in [0.2, 0.25) is 0 Å². The molecule has 13 heteroatoms. The summed E-state index contributed by atoms with van der Waals surface area (Å²) in [5, 5.41) is 0. The summed E-state index contributed by atoms with van der Waals surface area (Å²) in [6.07, 6.45) is 2.05. The zero-order valence-corrected chi connectivity index (χ0v) is 11.9. The van der Waals surface area contributed by atoms with Gasteiger partial charge in [-0.1, -0.05) is 0 Å². The van der Waals surface area contributed by atoms with Gasteiger partial charge in [0, 0.05) is 58.8 Å². The van der Waals surface area contributed by atoms with Gasteiger partial charge in [0.15, 0.2) is 0 Å². The van der Waals surface area contributed by atoms with Crippen molar-refractivity contribution in [3.05, 3.63) is 0 Å². The van der Waals surface area contributed by atoms with Gasteiger partial charge in [-0.15, -0.1) is 0 Å². The Bertz CT molecular complexity index is 188. The second-order valence-electron chi connectivity index (χ2n) is 4.17. The molecule has 1 saturated heterocycles. The molecule has 0 aromatic rings. The third-order valence-corrected chi connectivity index (χ3v) is 1.76. The van der Waals surface area contributed by atoms with Gasteiger partial charge in [0.25, 0.3) is 0 Å². The average molecular weight is 361 g/mol. The predicted molar refractivity (Wildman–Crippen MR) is 58.1 cm³/mol. The molecule has 22 heavy (non-hydrogen) atoms. The van der Waals surface area contributed by atoms with Gasteiger partial charge in [-0.2, -0.15) is 0 Å². The van der Waals surface area contributed by atoms with Crippen LogP contribution in [0.2, 0.25) is 0 Å². The fraction of sp³-hybridized carbons (Fsp3) is 0.889. The molecule has 1 amide bonds. The second kappa shape index (κ2) is 27.8. The number of amides is 1. The van der Waals surface area contributed by atoms with E-state index in [1.165, 1.54) is 0 Å². The number of likely N-dealkylation sites (tertiary alicyclic amines) is 1. The molecule has 0 N–H and O–H groups in total. The van der Waals surface area contributed by atoms with Crippen LogP contribution in [0.15, 0.2) is 0 Å². The quantitative estimate of drug-likeness (QED) is 0.480. The van der Waals surface area contributed by atoms with Crippen LogP contribution in [0.5, 0.6) is 0 Å². The molecule has 0 radical (unpaired) electrons. The number of hydrogen-bond donors (Lipinski definition) is 0. The van der Waals surface area contributed by atoms with Crippen molar-refractivity contribution < 1.29 is 55.3 Å². The molecule has 3 nitrogen and oxygen atoms in total. The monoisotopic (exact) mass is 361 g/mol. The van der Waals surface area contributed by atoms with E-state index in [1.807, 2.05) is 20.8 Å². The minimum Gasteiger partial charge on any atom is -0.444 e. The van der Waals surface area contributed by atoms with E-state index in [1.54, 1.807) is 4.90 Å². The Hall–Kier alpha value is -1.43. The molecule has 0 saturated carbocycles. The molecule has 0 bridgehead atoms. The number of ether oxygens (including phenoxy) is 1. The van der Waals surface area contributed by atoms with Crippen molar-refractivity contribution in [1.82, 2.24) is 4.90 Å². The lowest BCUT2D eigenvalue weighted by molar-refractivity contribution is 0.0295. The molecule has 0 aromatic heterocycles. The van der Waals surface area contributed by atoms with Crippen molar-refractivity contribution in [1.29, 1.82) is 0 Å². The Labute approximate surface area is 120 Å². The van der Waals surface area contributed by atoms with Crippen molar-refractivity contribution in [3.63, 3.8) is 0 Å². The highest BCUT2D eigenvalue weighted by Crippen LogP contribution is 2.14. The minimum absolute atomic E-state index is 0.167. The Morgan fingerprint density at radius 1 is 0.773 bits per heavy atom. The Morgan fingerprint density at radius 3 is 1.27 bits per heavy atom. The minimum atomic E-state index is -0.361. The normalized spacial score (nSPS) is 11.2. The molecule has 1 heterocycles. The van der Waals surface area contributed by atoms with Crippen LogP contribution in [-0.4, -0.2) is 29.7 Å². The van der Waals surface area contributed by atoms with Gasteiger partial charge in [0.1, 0.15) is 5.60 Å². The summed E-state index contributed by atoms with van der Waals surface area (Å²) in [6, 6.07) is 0. The molecular formula is C9H17F10NO2. The smallest absolute Gasteiger partial charge is 0.410 e. The zero-order chi connectivity index (χ0) is 19.2.